The SMILES string of the molecule is Cc1c(C(=O)OC(C)(C)C)[nH]c(/C(=C2\CC(C)(C)C(C=O)=N2)c2ccccc2)c1C. The molecule has 0 bridgehead atoms. The Bertz CT molecular complexity index is 1050. The number of allylic oxidation sites excluding steroid dienone is 1. The first-order chi connectivity index (χ1) is 13.9. The minimum atomic E-state index is -0.581. The van der Waals surface area contributed by atoms with Crippen molar-refractivity contribution in [2.45, 2.75) is 60.5 Å². The first kappa shape index (κ1) is 21.8. The lowest BCUT2D eigenvalue weighted by Gasteiger charge is -2.19. The number of ether oxygens (including phenoxy) is 1. The molecule has 1 aromatic carbocycles. The van der Waals surface area contributed by atoms with Gasteiger partial charge in [-0.15, -0.1) is 0 Å². The molecule has 5 heteroatoms. The number of carbonyl (C=O) groups excluding carboxylic acids is 2. The summed E-state index contributed by atoms with van der Waals surface area (Å²) >= 11 is 0. The second kappa shape index (κ2) is 7.71. The lowest BCUT2D eigenvalue weighted by molar-refractivity contribution is -0.103. The fourth-order valence-electron chi connectivity index (χ4n) is 3.71. The van der Waals surface area contributed by atoms with Crippen LogP contribution in [0.25, 0.3) is 5.57 Å². The second-order valence-corrected chi connectivity index (χ2v) is 9.49. The lowest BCUT2D eigenvalue weighted by atomic mass is 9.84. The number of nitrogens with zero attached hydrogens (tertiary/aromatic N) is 1. The van der Waals surface area contributed by atoms with Gasteiger partial charge in [0.25, 0.3) is 0 Å². The summed E-state index contributed by atoms with van der Waals surface area (Å²) in [5, 5.41) is 0. The molecule has 0 aliphatic carbocycles. The van der Waals surface area contributed by atoms with Gasteiger partial charge < -0.3 is 9.72 Å². The van der Waals surface area contributed by atoms with E-state index < -0.39 is 5.60 Å². The van der Waals surface area contributed by atoms with E-state index in [1.54, 1.807) is 0 Å². The van der Waals surface area contributed by atoms with Crippen LogP contribution >= 0.6 is 0 Å². The third-order valence-corrected chi connectivity index (χ3v) is 5.44. The molecule has 0 saturated carbocycles. The quantitative estimate of drug-likeness (QED) is 0.545. The number of esters is 1. The standard InChI is InChI=1S/C25H30N2O3/c1-15-16(2)22(23(29)30-24(3,4)5)27-21(15)20(17-11-9-8-10-12-17)18-13-25(6,7)19(14-28)26-18/h8-12,14,27H,13H2,1-7H3/b20-18+. The highest BCUT2D eigenvalue weighted by molar-refractivity contribution is 6.32. The van der Waals surface area contributed by atoms with Crippen LogP contribution in [0, 0.1) is 19.3 Å². The van der Waals surface area contributed by atoms with E-state index >= 15 is 0 Å². The van der Waals surface area contributed by atoms with Crippen LogP contribution < -0.4 is 0 Å². The fraction of sp³-hybridized carbons (Fsp3) is 0.400. The molecule has 158 valence electrons. The summed E-state index contributed by atoms with van der Waals surface area (Å²) < 4.78 is 5.59. The molecule has 30 heavy (non-hydrogen) atoms. The van der Waals surface area contributed by atoms with Gasteiger partial charge in [0.05, 0.1) is 17.1 Å². The molecule has 0 unspecified atom stereocenters. The van der Waals surface area contributed by atoms with Gasteiger partial charge in [0.2, 0.25) is 0 Å². The second-order valence-electron chi connectivity index (χ2n) is 9.49. The normalized spacial score (nSPS) is 17.5. The highest BCUT2D eigenvalue weighted by atomic mass is 16.6. The maximum atomic E-state index is 12.8. The highest BCUT2D eigenvalue weighted by Gasteiger charge is 2.35. The van der Waals surface area contributed by atoms with Crippen LogP contribution in [0.5, 0.6) is 0 Å². The molecule has 1 aliphatic heterocycles. The number of rotatable bonds is 4. The predicted octanol–water partition coefficient (Wildman–Crippen LogP) is 5.42. The Kier molecular flexibility index (Phi) is 5.59. The molecule has 0 atom stereocenters. The molecular formula is C25H30N2O3. The van der Waals surface area contributed by atoms with Crippen LogP contribution in [0.4, 0.5) is 0 Å². The third-order valence-electron chi connectivity index (χ3n) is 5.44. The average Bonchev–Trinajstić information content (AvgIpc) is 3.11. The number of aldehydes is 1. The summed E-state index contributed by atoms with van der Waals surface area (Å²) in [7, 11) is 0. The van der Waals surface area contributed by atoms with Crippen LogP contribution in [-0.2, 0) is 9.53 Å². The highest BCUT2D eigenvalue weighted by Crippen LogP contribution is 2.41. The van der Waals surface area contributed by atoms with Gasteiger partial charge in [0, 0.05) is 17.4 Å². The van der Waals surface area contributed by atoms with Gasteiger partial charge in [-0.05, 0) is 51.3 Å². The van der Waals surface area contributed by atoms with Gasteiger partial charge in [0.15, 0.2) is 6.29 Å². The van der Waals surface area contributed by atoms with Crippen LogP contribution in [0.1, 0.15) is 73.9 Å². The van der Waals surface area contributed by atoms with Gasteiger partial charge in [0.1, 0.15) is 11.3 Å². The van der Waals surface area contributed by atoms with Gasteiger partial charge in [-0.25, -0.2) is 4.79 Å². The average molecular weight is 407 g/mol. The summed E-state index contributed by atoms with van der Waals surface area (Å²) in [6, 6.07) is 9.95. The van der Waals surface area contributed by atoms with Crippen molar-refractivity contribution in [1.82, 2.24) is 4.98 Å². The van der Waals surface area contributed by atoms with Gasteiger partial charge >= 0.3 is 5.97 Å². The molecule has 1 N–H and O–H groups in total. The zero-order chi connectivity index (χ0) is 22.3. The van der Waals surface area contributed by atoms with E-state index in [1.807, 2.05) is 78.8 Å². The van der Waals surface area contributed by atoms with Crippen molar-refractivity contribution < 1.29 is 14.3 Å². The summed E-state index contributed by atoms with van der Waals surface area (Å²) in [5.41, 5.74) is 5.47. The molecule has 0 spiro atoms. The Balaban J connectivity index is 2.22. The van der Waals surface area contributed by atoms with Crippen molar-refractivity contribution in [2.24, 2.45) is 10.4 Å². The molecular weight excluding hydrogens is 376 g/mol. The summed E-state index contributed by atoms with van der Waals surface area (Å²) in [4.78, 5) is 32.4. The summed E-state index contributed by atoms with van der Waals surface area (Å²) in [6.07, 6.45) is 1.49. The number of benzene rings is 1. The number of carbonyl (C=O) groups is 2. The van der Waals surface area contributed by atoms with Crippen molar-refractivity contribution in [2.75, 3.05) is 0 Å². The Morgan fingerprint density at radius 2 is 1.70 bits per heavy atom. The van der Waals surface area contributed by atoms with E-state index in [4.69, 9.17) is 4.74 Å². The van der Waals surface area contributed by atoms with Gasteiger partial charge in [-0.2, -0.15) is 0 Å². The van der Waals surface area contributed by atoms with Crippen LogP contribution in [-0.4, -0.2) is 28.6 Å². The molecule has 0 saturated heterocycles. The predicted molar refractivity (Wildman–Crippen MR) is 120 cm³/mol. The van der Waals surface area contributed by atoms with Gasteiger partial charge in [-0.3, -0.25) is 9.79 Å². The molecule has 0 fully saturated rings. The van der Waals surface area contributed by atoms with E-state index in [0.717, 1.165) is 39.9 Å². The Hall–Kier alpha value is -2.95. The lowest BCUT2D eigenvalue weighted by Crippen LogP contribution is -2.24. The largest absolute Gasteiger partial charge is 0.455 e. The van der Waals surface area contributed by atoms with Gasteiger partial charge in [-0.1, -0.05) is 44.2 Å². The number of hydrogen-bond acceptors (Lipinski definition) is 4. The molecule has 1 aromatic heterocycles. The minimum absolute atomic E-state index is 0.333. The molecule has 5 nitrogen and oxygen atoms in total. The van der Waals surface area contributed by atoms with E-state index in [9.17, 15) is 9.59 Å². The van der Waals surface area contributed by atoms with Crippen LogP contribution in [0.15, 0.2) is 41.0 Å². The first-order valence-corrected chi connectivity index (χ1v) is 10.2. The molecule has 3 rings (SSSR count). The fourth-order valence-corrected chi connectivity index (χ4v) is 3.71. The zero-order valence-corrected chi connectivity index (χ0v) is 18.8. The van der Waals surface area contributed by atoms with E-state index in [1.165, 1.54) is 0 Å². The maximum Gasteiger partial charge on any atom is 0.355 e. The molecule has 2 heterocycles. The topological polar surface area (TPSA) is 71.5 Å². The number of aliphatic imine (C=N–C) groups is 1. The van der Waals surface area contributed by atoms with Crippen molar-refractivity contribution in [3.8, 4) is 0 Å². The van der Waals surface area contributed by atoms with Crippen molar-refractivity contribution in [1.29, 1.82) is 0 Å². The number of aromatic amines is 1. The number of H-pyrrole nitrogens is 1. The number of nitrogens with one attached hydrogen (secondary N) is 1. The van der Waals surface area contributed by atoms with E-state index in [2.05, 4.69) is 9.98 Å². The van der Waals surface area contributed by atoms with Crippen LogP contribution in [0.3, 0.4) is 0 Å². The minimum Gasteiger partial charge on any atom is -0.455 e. The molecule has 0 radical (unpaired) electrons. The Labute approximate surface area is 178 Å². The Morgan fingerprint density at radius 3 is 2.23 bits per heavy atom. The number of hydrogen-bond donors (Lipinski definition) is 1. The molecule has 0 amide bonds. The Morgan fingerprint density at radius 1 is 1.10 bits per heavy atom. The zero-order valence-electron chi connectivity index (χ0n) is 18.8. The molecule has 2 aromatic rings. The smallest absolute Gasteiger partial charge is 0.355 e. The van der Waals surface area contributed by atoms with Crippen LogP contribution in [0.2, 0.25) is 0 Å². The van der Waals surface area contributed by atoms with Crippen molar-refractivity contribution >= 4 is 23.5 Å². The first-order valence-electron chi connectivity index (χ1n) is 10.2. The van der Waals surface area contributed by atoms with E-state index in [0.29, 0.717) is 17.8 Å². The monoisotopic (exact) mass is 406 g/mol. The third kappa shape index (κ3) is 4.16. The van der Waals surface area contributed by atoms with E-state index in [-0.39, 0.29) is 11.4 Å². The molecule has 1 aliphatic rings. The maximum absolute atomic E-state index is 12.8. The van der Waals surface area contributed by atoms with Crippen molar-refractivity contribution in [3.63, 3.8) is 0 Å². The van der Waals surface area contributed by atoms with Crippen molar-refractivity contribution in [3.05, 3.63) is 64.1 Å². The summed E-state index contributed by atoms with van der Waals surface area (Å²) in [6.45, 7) is 13.5. The number of aromatic nitrogens is 1. The summed E-state index contributed by atoms with van der Waals surface area (Å²) in [5.74, 6) is -0.379.